The largest absolute Gasteiger partial charge is 0.480 e. The summed E-state index contributed by atoms with van der Waals surface area (Å²) in [6.45, 7) is 4.34. The smallest absolute Gasteiger partial charge is 0.322 e. The number of carboxylic acid groups (broad SMARTS) is 1. The van der Waals surface area contributed by atoms with Crippen LogP contribution in [0.5, 0.6) is 0 Å². The lowest BCUT2D eigenvalue weighted by Gasteiger charge is -2.32. The highest BCUT2D eigenvalue weighted by atomic mass is 16.4. The summed E-state index contributed by atoms with van der Waals surface area (Å²) in [6, 6.07) is 6.84. The predicted octanol–water partition coefficient (Wildman–Crippen LogP) is 1.06. The van der Waals surface area contributed by atoms with E-state index in [0.717, 1.165) is 12.0 Å². The van der Waals surface area contributed by atoms with Crippen molar-refractivity contribution in [1.82, 2.24) is 19.7 Å². The van der Waals surface area contributed by atoms with Crippen LogP contribution < -0.4 is 5.32 Å². The fourth-order valence-corrected chi connectivity index (χ4v) is 3.01. The van der Waals surface area contributed by atoms with Gasteiger partial charge in [0.2, 0.25) is 5.91 Å². The minimum Gasteiger partial charge on any atom is -0.480 e. The molecule has 0 saturated heterocycles. The Balaban J connectivity index is 1.71. The summed E-state index contributed by atoms with van der Waals surface area (Å²) in [5.41, 5.74) is 1.84. The molecular weight excluding hydrogens is 322 g/mol. The van der Waals surface area contributed by atoms with Gasteiger partial charge in [-0.3, -0.25) is 14.5 Å². The molecule has 2 heterocycles. The Morgan fingerprint density at radius 1 is 1.36 bits per heavy atom. The van der Waals surface area contributed by atoms with E-state index in [2.05, 4.69) is 15.5 Å². The van der Waals surface area contributed by atoms with Crippen molar-refractivity contribution in [2.75, 3.05) is 11.9 Å². The monoisotopic (exact) mass is 343 g/mol. The van der Waals surface area contributed by atoms with E-state index in [1.54, 1.807) is 16.4 Å². The first-order chi connectivity index (χ1) is 12.0. The summed E-state index contributed by atoms with van der Waals surface area (Å²) in [6.07, 6.45) is 0.881. The number of carbonyl (C=O) groups excluding carboxylic acids is 1. The molecule has 0 saturated carbocycles. The standard InChI is InChI=1S/C17H21N5O3/c1-3-12-5-4-6-13(7-12)18-16(23)10-21-9-15-20-19-11(2)22(15)8-14(21)17(24)25/h4-7,14H,3,8-10H2,1-2H3,(H,18,23)(H,24,25). The Labute approximate surface area is 145 Å². The molecule has 1 unspecified atom stereocenters. The highest BCUT2D eigenvalue weighted by Gasteiger charge is 2.34. The Morgan fingerprint density at radius 3 is 2.88 bits per heavy atom. The molecule has 2 N–H and O–H groups in total. The molecule has 1 amide bonds. The molecule has 132 valence electrons. The maximum atomic E-state index is 12.4. The molecule has 1 aliphatic heterocycles. The molecule has 0 aliphatic carbocycles. The van der Waals surface area contributed by atoms with E-state index in [-0.39, 0.29) is 25.5 Å². The molecule has 1 aromatic carbocycles. The molecule has 1 atom stereocenters. The number of aromatic nitrogens is 3. The van der Waals surface area contributed by atoms with Gasteiger partial charge in [-0.15, -0.1) is 10.2 Å². The number of hydrogen-bond acceptors (Lipinski definition) is 5. The van der Waals surface area contributed by atoms with E-state index in [1.807, 2.05) is 31.2 Å². The number of carbonyl (C=O) groups is 2. The zero-order valence-electron chi connectivity index (χ0n) is 14.3. The number of nitrogens with one attached hydrogen (secondary N) is 1. The van der Waals surface area contributed by atoms with Crippen LogP contribution in [0.3, 0.4) is 0 Å². The molecule has 0 bridgehead atoms. The molecule has 0 fully saturated rings. The first-order valence-corrected chi connectivity index (χ1v) is 8.22. The minimum atomic E-state index is -0.959. The molecule has 25 heavy (non-hydrogen) atoms. The van der Waals surface area contributed by atoms with Crippen LogP contribution in [0.2, 0.25) is 0 Å². The van der Waals surface area contributed by atoms with Gasteiger partial charge in [0.25, 0.3) is 0 Å². The minimum absolute atomic E-state index is 0.0147. The zero-order valence-corrected chi connectivity index (χ0v) is 14.3. The third-order valence-electron chi connectivity index (χ3n) is 4.40. The Morgan fingerprint density at radius 2 is 2.16 bits per heavy atom. The van der Waals surface area contributed by atoms with Crippen molar-refractivity contribution in [1.29, 1.82) is 0 Å². The van der Waals surface area contributed by atoms with Gasteiger partial charge in [0.15, 0.2) is 0 Å². The van der Waals surface area contributed by atoms with Crippen LogP contribution in [0, 0.1) is 6.92 Å². The van der Waals surface area contributed by atoms with Gasteiger partial charge in [-0.2, -0.15) is 0 Å². The number of nitrogens with zero attached hydrogens (tertiary/aromatic N) is 4. The number of anilines is 1. The molecule has 0 spiro atoms. The maximum absolute atomic E-state index is 12.4. The summed E-state index contributed by atoms with van der Waals surface area (Å²) >= 11 is 0. The third kappa shape index (κ3) is 3.69. The molecule has 1 aromatic heterocycles. The number of benzene rings is 1. The summed E-state index contributed by atoms with van der Waals surface area (Å²) in [4.78, 5) is 25.6. The normalized spacial score (nSPS) is 17.1. The van der Waals surface area contributed by atoms with Crippen molar-refractivity contribution >= 4 is 17.6 Å². The van der Waals surface area contributed by atoms with Gasteiger partial charge >= 0.3 is 5.97 Å². The topological polar surface area (TPSA) is 100 Å². The average Bonchev–Trinajstić information content (AvgIpc) is 2.94. The van der Waals surface area contributed by atoms with Crippen LogP contribution in [0.25, 0.3) is 0 Å². The number of amides is 1. The first kappa shape index (κ1) is 17.1. The van der Waals surface area contributed by atoms with Crippen molar-refractivity contribution < 1.29 is 14.7 Å². The fourth-order valence-electron chi connectivity index (χ4n) is 3.01. The van der Waals surface area contributed by atoms with Gasteiger partial charge in [0.1, 0.15) is 17.7 Å². The Kier molecular flexibility index (Phi) is 4.80. The molecule has 8 nitrogen and oxygen atoms in total. The van der Waals surface area contributed by atoms with Crippen LogP contribution in [0.15, 0.2) is 24.3 Å². The highest BCUT2D eigenvalue weighted by molar-refractivity contribution is 5.92. The second kappa shape index (κ2) is 7.02. The average molecular weight is 343 g/mol. The lowest BCUT2D eigenvalue weighted by Crippen LogP contribution is -2.50. The second-order valence-electron chi connectivity index (χ2n) is 6.14. The van der Waals surface area contributed by atoms with Crippen LogP contribution >= 0.6 is 0 Å². The van der Waals surface area contributed by atoms with E-state index in [0.29, 0.717) is 17.3 Å². The number of carboxylic acids is 1. The Hall–Kier alpha value is -2.74. The third-order valence-corrected chi connectivity index (χ3v) is 4.40. The summed E-state index contributed by atoms with van der Waals surface area (Å²) < 4.78 is 1.79. The molecule has 3 rings (SSSR count). The summed E-state index contributed by atoms with van der Waals surface area (Å²) in [5.74, 6) is 0.154. The van der Waals surface area contributed by atoms with E-state index in [4.69, 9.17) is 0 Å². The summed E-state index contributed by atoms with van der Waals surface area (Å²) in [7, 11) is 0. The van der Waals surface area contributed by atoms with Gasteiger partial charge in [-0.05, 0) is 31.0 Å². The van der Waals surface area contributed by atoms with Gasteiger partial charge in [-0.1, -0.05) is 19.1 Å². The molecular formula is C17H21N5O3. The lowest BCUT2D eigenvalue weighted by atomic mass is 10.1. The van der Waals surface area contributed by atoms with Gasteiger partial charge in [0, 0.05) is 5.69 Å². The number of rotatable bonds is 5. The molecule has 1 aliphatic rings. The number of hydrogen-bond donors (Lipinski definition) is 2. The number of aliphatic carboxylic acids is 1. The van der Waals surface area contributed by atoms with E-state index < -0.39 is 12.0 Å². The maximum Gasteiger partial charge on any atom is 0.322 e. The number of aryl methyl sites for hydroxylation is 2. The van der Waals surface area contributed by atoms with Crippen molar-refractivity contribution in [3.63, 3.8) is 0 Å². The zero-order chi connectivity index (χ0) is 18.0. The van der Waals surface area contributed by atoms with Crippen LogP contribution in [0.4, 0.5) is 5.69 Å². The van der Waals surface area contributed by atoms with Gasteiger partial charge in [0.05, 0.1) is 19.6 Å². The van der Waals surface area contributed by atoms with E-state index in [9.17, 15) is 14.7 Å². The van der Waals surface area contributed by atoms with Gasteiger partial charge < -0.3 is 15.0 Å². The van der Waals surface area contributed by atoms with E-state index >= 15 is 0 Å². The van der Waals surface area contributed by atoms with Crippen molar-refractivity contribution in [2.45, 2.75) is 39.4 Å². The lowest BCUT2D eigenvalue weighted by molar-refractivity contribution is -0.145. The van der Waals surface area contributed by atoms with Gasteiger partial charge in [-0.25, -0.2) is 0 Å². The van der Waals surface area contributed by atoms with Crippen molar-refractivity contribution in [2.24, 2.45) is 0 Å². The highest BCUT2D eigenvalue weighted by Crippen LogP contribution is 2.18. The first-order valence-electron chi connectivity index (χ1n) is 8.22. The predicted molar refractivity (Wildman–Crippen MR) is 91.0 cm³/mol. The molecule has 8 heteroatoms. The molecule has 2 aromatic rings. The van der Waals surface area contributed by atoms with E-state index in [1.165, 1.54) is 0 Å². The van der Waals surface area contributed by atoms with Crippen LogP contribution in [-0.4, -0.2) is 49.2 Å². The van der Waals surface area contributed by atoms with Crippen LogP contribution in [-0.2, 0) is 29.1 Å². The SMILES string of the molecule is CCc1cccc(NC(=O)CN2Cc3nnc(C)n3CC2C(=O)O)c1. The number of fused-ring (bicyclic) bond motifs is 1. The molecule has 0 radical (unpaired) electrons. The summed E-state index contributed by atoms with van der Waals surface area (Å²) in [5, 5.41) is 20.4. The van der Waals surface area contributed by atoms with Crippen molar-refractivity contribution in [3.8, 4) is 0 Å². The fraction of sp³-hybridized carbons (Fsp3) is 0.412. The van der Waals surface area contributed by atoms with Crippen LogP contribution in [0.1, 0.15) is 24.1 Å². The quantitative estimate of drug-likeness (QED) is 0.842. The van der Waals surface area contributed by atoms with Crippen molar-refractivity contribution in [3.05, 3.63) is 41.5 Å². The second-order valence-corrected chi connectivity index (χ2v) is 6.14. The Bertz CT molecular complexity index is 801.